The summed E-state index contributed by atoms with van der Waals surface area (Å²) in [6.07, 6.45) is 6.57. The van der Waals surface area contributed by atoms with Gasteiger partial charge in [0.1, 0.15) is 5.60 Å². The first-order valence-electron chi connectivity index (χ1n) is 7.93. The SMILES string of the molecule is CCCC(=O)OC12CCCN(C1)/C(=C/c1ccccc1)C2. The molecule has 0 radical (unpaired) electrons. The van der Waals surface area contributed by atoms with Crippen molar-refractivity contribution in [3.05, 3.63) is 41.6 Å². The molecule has 21 heavy (non-hydrogen) atoms. The van der Waals surface area contributed by atoms with Crippen LogP contribution in [-0.4, -0.2) is 29.6 Å². The van der Waals surface area contributed by atoms with Crippen molar-refractivity contribution in [1.82, 2.24) is 4.90 Å². The molecule has 1 atom stereocenters. The maximum absolute atomic E-state index is 11.9. The van der Waals surface area contributed by atoms with Crippen LogP contribution in [0.3, 0.4) is 0 Å². The lowest BCUT2D eigenvalue weighted by Crippen LogP contribution is -2.42. The Labute approximate surface area is 126 Å². The summed E-state index contributed by atoms with van der Waals surface area (Å²) >= 11 is 0. The van der Waals surface area contributed by atoms with E-state index in [2.05, 4.69) is 35.2 Å². The van der Waals surface area contributed by atoms with Crippen LogP contribution in [0.15, 0.2) is 36.0 Å². The summed E-state index contributed by atoms with van der Waals surface area (Å²) in [6, 6.07) is 10.4. The third-order valence-corrected chi connectivity index (χ3v) is 4.37. The van der Waals surface area contributed by atoms with E-state index in [9.17, 15) is 4.79 Å². The van der Waals surface area contributed by atoms with Crippen LogP contribution in [0.4, 0.5) is 0 Å². The number of piperidine rings is 1. The highest BCUT2D eigenvalue weighted by atomic mass is 16.6. The van der Waals surface area contributed by atoms with E-state index in [1.54, 1.807) is 0 Å². The van der Waals surface area contributed by atoms with Crippen molar-refractivity contribution in [1.29, 1.82) is 0 Å². The zero-order valence-corrected chi connectivity index (χ0v) is 12.7. The molecule has 0 amide bonds. The molecule has 3 rings (SSSR count). The molecule has 0 saturated carbocycles. The van der Waals surface area contributed by atoms with Gasteiger partial charge in [0.05, 0.1) is 6.54 Å². The van der Waals surface area contributed by atoms with E-state index >= 15 is 0 Å². The molecule has 0 spiro atoms. The molecule has 3 heteroatoms. The average molecular weight is 285 g/mol. The number of carbonyl (C=O) groups excluding carboxylic acids is 1. The van der Waals surface area contributed by atoms with E-state index in [0.29, 0.717) is 6.42 Å². The fraction of sp³-hybridized carbons (Fsp3) is 0.500. The van der Waals surface area contributed by atoms with Gasteiger partial charge in [-0.05, 0) is 30.9 Å². The number of benzene rings is 1. The second kappa shape index (κ2) is 5.92. The molecule has 2 fully saturated rings. The van der Waals surface area contributed by atoms with Gasteiger partial charge in [0, 0.05) is 25.1 Å². The zero-order valence-electron chi connectivity index (χ0n) is 12.7. The molecule has 1 unspecified atom stereocenters. The van der Waals surface area contributed by atoms with Gasteiger partial charge >= 0.3 is 5.97 Å². The smallest absolute Gasteiger partial charge is 0.306 e. The van der Waals surface area contributed by atoms with Crippen LogP contribution in [0.2, 0.25) is 0 Å². The molecule has 0 aromatic heterocycles. The Morgan fingerprint density at radius 2 is 2.19 bits per heavy atom. The Kier molecular flexibility index (Phi) is 4.00. The molecular formula is C18H23NO2. The summed E-state index contributed by atoms with van der Waals surface area (Å²) in [6.45, 7) is 3.95. The van der Waals surface area contributed by atoms with Gasteiger partial charge < -0.3 is 9.64 Å². The molecular weight excluding hydrogens is 262 g/mol. The van der Waals surface area contributed by atoms with Gasteiger partial charge in [0.15, 0.2) is 0 Å². The van der Waals surface area contributed by atoms with E-state index in [1.807, 2.05) is 13.0 Å². The average Bonchev–Trinajstić information content (AvgIpc) is 2.70. The van der Waals surface area contributed by atoms with E-state index in [4.69, 9.17) is 4.74 Å². The van der Waals surface area contributed by atoms with Gasteiger partial charge in [-0.15, -0.1) is 0 Å². The third-order valence-electron chi connectivity index (χ3n) is 4.37. The summed E-state index contributed by atoms with van der Waals surface area (Å²) < 4.78 is 5.86. The molecule has 2 heterocycles. The molecule has 2 aliphatic rings. The molecule has 0 aliphatic carbocycles. The van der Waals surface area contributed by atoms with Crippen LogP contribution in [0, 0.1) is 0 Å². The summed E-state index contributed by atoms with van der Waals surface area (Å²) in [4.78, 5) is 14.3. The Morgan fingerprint density at radius 1 is 1.38 bits per heavy atom. The van der Waals surface area contributed by atoms with E-state index in [0.717, 1.165) is 38.8 Å². The minimum atomic E-state index is -0.273. The topological polar surface area (TPSA) is 29.5 Å². The van der Waals surface area contributed by atoms with Crippen molar-refractivity contribution < 1.29 is 9.53 Å². The van der Waals surface area contributed by atoms with E-state index in [1.165, 1.54) is 11.3 Å². The lowest BCUT2D eigenvalue weighted by Gasteiger charge is -2.33. The minimum absolute atomic E-state index is 0.0414. The van der Waals surface area contributed by atoms with Crippen molar-refractivity contribution in [2.24, 2.45) is 0 Å². The van der Waals surface area contributed by atoms with Crippen molar-refractivity contribution in [3.8, 4) is 0 Å². The van der Waals surface area contributed by atoms with Gasteiger partial charge in [0.2, 0.25) is 0 Å². The van der Waals surface area contributed by atoms with Crippen molar-refractivity contribution >= 4 is 12.0 Å². The fourth-order valence-electron chi connectivity index (χ4n) is 3.43. The fourth-order valence-corrected chi connectivity index (χ4v) is 3.43. The van der Waals surface area contributed by atoms with Crippen LogP contribution >= 0.6 is 0 Å². The largest absolute Gasteiger partial charge is 0.457 e. The first-order chi connectivity index (χ1) is 10.2. The lowest BCUT2D eigenvalue weighted by atomic mass is 9.94. The maximum Gasteiger partial charge on any atom is 0.306 e. The minimum Gasteiger partial charge on any atom is -0.457 e. The molecule has 2 aliphatic heterocycles. The number of hydrogen-bond acceptors (Lipinski definition) is 3. The number of ether oxygens (including phenoxy) is 1. The number of fused-ring (bicyclic) bond motifs is 2. The summed E-state index contributed by atoms with van der Waals surface area (Å²) in [5.74, 6) is -0.0414. The van der Waals surface area contributed by atoms with E-state index < -0.39 is 0 Å². The quantitative estimate of drug-likeness (QED) is 0.791. The number of hydrogen-bond donors (Lipinski definition) is 0. The Morgan fingerprint density at radius 3 is 2.95 bits per heavy atom. The molecule has 2 saturated heterocycles. The highest BCUT2D eigenvalue weighted by molar-refractivity contribution is 5.70. The van der Waals surface area contributed by atoms with Crippen LogP contribution in [-0.2, 0) is 9.53 Å². The molecule has 3 nitrogen and oxygen atoms in total. The molecule has 1 aromatic rings. The Balaban J connectivity index is 1.77. The van der Waals surface area contributed by atoms with E-state index in [-0.39, 0.29) is 11.6 Å². The van der Waals surface area contributed by atoms with Gasteiger partial charge in [-0.25, -0.2) is 0 Å². The second-order valence-corrected chi connectivity index (χ2v) is 6.16. The van der Waals surface area contributed by atoms with Gasteiger partial charge in [-0.2, -0.15) is 0 Å². The highest BCUT2D eigenvalue weighted by Crippen LogP contribution is 2.41. The number of rotatable bonds is 4. The van der Waals surface area contributed by atoms with Crippen molar-refractivity contribution in [2.75, 3.05) is 13.1 Å². The molecule has 112 valence electrons. The van der Waals surface area contributed by atoms with Crippen LogP contribution in [0.1, 0.15) is 44.6 Å². The Hall–Kier alpha value is -1.77. The number of nitrogens with zero attached hydrogens (tertiary/aromatic N) is 1. The predicted octanol–water partition coefficient (Wildman–Crippen LogP) is 3.61. The van der Waals surface area contributed by atoms with Crippen LogP contribution < -0.4 is 0 Å². The molecule has 1 aromatic carbocycles. The standard InChI is InChI=1S/C18H23NO2/c1-2-7-17(20)21-18-10-6-11-19(14-18)16(13-18)12-15-8-4-3-5-9-15/h3-5,8-9,12H,2,6-7,10-11,13-14H2,1H3/b16-12+. The number of carbonyl (C=O) groups is 1. The molecule has 0 N–H and O–H groups in total. The van der Waals surface area contributed by atoms with Crippen LogP contribution in [0.5, 0.6) is 0 Å². The molecule has 2 bridgehead atoms. The first kappa shape index (κ1) is 14.2. The van der Waals surface area contributed by atoms with Gasteiger partial charge in [-0.3, -0.25) is 4.79 Å². The number of esters is 1. The van der Waals surface area contributed by atoms with Gasteiger partial charge in [0.25, 0.3) is 0 Å². The first-order valence-corrected chi connectivity index (χ1v) is 7.93. The highest BCUT2D eigenvalue weighted by Gasteiger charge is 2.46. The van der Waals surface area contributed by atoms with Crippen molar-refractivity contribution in [2.45, 2.75) is 44.6 Å². The normalized spacial score (nSPS) is 26.1. The van der Waals surface area contributed by atoms with Gasteiger partial charge in [-0.1, -0.05) is 37.3 Å². The zero-order chi connectivity index (χ0) is 14.7. The van der Waals surface area contributed by atoms with Crippen molar-refractivity contribution in [3.63, 3.8) is 0 Å². The second-order valence-electron chi connectivity index (χ2n) is 6.16. The Bertz CT molecular complexity index is 537. The third kappa shape index (κ3) is 3.12. The maximum atomic E-state index is 11.9. The van der Waals surface area contributed by atoms with Crippen LogP contribution in [0.25, 0.3) is 6.08 Å². The summed E-state index contributed by atoms with van der Waals surface area (Å²) in [5, 5.41) is 0. The lowest BCUT2D eigenvalue weighted by molar-refractivity contribution is -0.160. The predicted molar refractivity (Wildman–Crippen MR) is 83.6 cm³/mol. The summed E-state index contributed by atoms with van der Waals surface area (Å²) in [7, 11) is 0. The summed E-state index contributed by atoms with van der Waals surface area (Å²) in [5.41, 5.74) is 2.25. The monoisotopic (exact) mass is 285 g/mol.